The van der Waals surface area contributed by atoms with Crippen molar-refractivity contribution in [1.29, 1.82) is 0 Å². The van der Waals surface area contributed by atoms with E-state index in [1.807, 2.05) is 26.0 Å². The van der Waals surface area contributed by atoms with Crippen molar-refractivity contribution < 1.29 is 8.42 Å². The Kier molecular flexibility index (Phi) is 5.15. The van der Waals surface area contributed by atoms with Crippen LogP contribution in [0.3, 0.4) is 0 Å². The summed E-state index contributed by atoms with van der Waals surface area (Å²) in [6, 6.07) is 3.91. The van der Waals surface area contributed by atoms with Crippen molar-refractivity contribution in [2.24, 2.45) is 0 Å². The Labute approximate surface area is 129 Å². The Bertz CT molecular complexity index is 704. The van der Waals surface area contributed by atoms with Crippen LogP contribution in [0.15, 0.2) is 17.0 Å². The second-order valence-electron chi connectivity index (χ2n) is 4.74. The number of nitrogens with zero attached hydrogens (tertiary/aromatic N) is 1. The molecule has 2 aromatic rings. The molecule has 2 aromatic heterocycles. The van der Waals surface area contributed by atoms with Crippen LogP contribution >= 0.6 is 11.3 Å². The first-order chi connectivity index (χ1) is 9.94. The van der Waals surface area contributed by atoms with E-state index in [1.165, 1.54) is 0 Å². The topological polar surface area (TPSA) is 86.9 Å². The van der Waals surface area contributed by atoms with Gasteiger partial charge in [-0.05, 0) is 32.5 Å². The van der Waals surface area contributed by atoms with E-state index in [0.29, 0.717) is 24.5 Å². The molecule has 2 heterocycles. The highest BCUT2D eigenvalue weighted by Crippen LogP contribution is 2.19. The van der Waals surface area contributed by atoms with Gasteiger partial charge in [0, 0.05) is 22.8 Å². The fourth-order valence-electron chi connectivity index (χ4n) is 2.01. The molecule has 3 N–H and O–H groups in total. The van der Waals surface area contributed by atoms with E-state index in [1.54, 1.807) is 18.3 Å². The molecular formula is C13H20N4O2S2. The minimum atomic E-state index is -3.57. The van der Waals surface area contributed by atoms with Gasteiger partial charge in [-0.15, -0.1) is 11.3 Å². The van der Waals surface area contributed by atoms with Crippen LogP contribution in [-0.2, 0) is 23.1 Å². The average Bonchev–Trinajstić information content (AvgIpc) is 3.00. The summed E-state index contributed by atoms with van der Waals surface area (Å²) in [5, 5.41) is 9.92. The Morgan fingerprint density at radius 3 is 2.67 bits per heavy atom. The summed E-state index contributed by atoms with van der Waals surface area (Å²) < 4.78 is 27.6. The number of nitrogens with one attached hydrogen (secondary N) is 3. The quantitative estimate of drug-likeness (QED) is 0.721. The van der Waals surface area contributed by atoms with Gasteiger partial charge in [0.15, 0.2) is 0 Å². The van der Waals surface area contributed by atoms with E-state index >= 15 is 0 Å². The molecule has 21 heavy (non-hydrogen) atoms. The fraction of sp³-hybridized carbons (Fsp3) is 0.462. The predicted octanol–water partition coefficient (Wildman–Crippen LogP) is 1.68. The van der Waals surface area contributed by atoms with Gasteiger partial charge < -0.3 is 5.32 Å². The van der Waals surface area contributed by atoms with Crippen molar-refractivity contribution in [2.75, 3.05) is 6.54 Å². The van der Waals surface area contributed by atoms with E-state index in [2.05, 4.69) is 20.2 Å². The molecule has 0 radical (unpaired) electrons. The SMILES string of the molecule is CCNCc1n[nH]c(C)c1S(=O)(=O)NCc1ccc(C)s1. The number of thiophene rings is 1. The maximum absolute atomic E-state index is 12.5. The largest absolute Gasteiger partial charge is 0.311 e. The lowest BCUT2D eigenvalue weighted by Crippen LogP contribution is -2.25. The summed E-state index contributed by atoms with van der Waals surface area (Å²) in [6.07, 6.45) is 0. The van der Waals surface area contributed by atoms with Crippen LogP contribution < -0.4 is 10.0 Å². The molecule has 0 saturated carbocycles. The van der Waals surface area contributed by atoms with Gasteiger partial charge in [0.05, 0.1) is 11.4 Å². The lowest BCUT2D eigenvalue weighted by Gasteiger charge is -2.07. The number of hydrogen-bond donors (Lipinski definition) is 3. The molecule has 0 aliphatic rings. The van der Waals surface area contributed by atoms with Gasteiger partial charge in [-0.3, -0.25) is 5.10 Å². The average molecular weight is 328 g/mol. The number of sulfonamides is 1. The molecule has 0 bridgehead atoms. The third kappa shape index (κ3) is 3.91. The third-order valence-corrected chi connectivity index (χ3v) is 5.61. The van der Waals surface area contributed by atoms with Crippen LogP contribution in [0.5, 0.6) is 0 Å². The van der Waals surface area contributed by atoms with E-state index in [9.17, 15) is 8.42 Å². The second kappa shape index (κ2) is 6.69. The predicted molar refractivity (Wildman–Crippen MR) is 83.8 cm³/mol. The molecule has 0 atom stereocenters. The minimum Gasteiger partial charge on any atom is -0.311 e. The van der Waals surface area contributed by atoms with Crippen molar-refractivity contribution in [3.8, 4) is 0 Å². The summed E-state index contributed by atoms with van der Waals surface area (Å²) >= 11 is 1.59. The van der Waals surface area contributed by atoms with Crippen LogP contribution in [0.2, 0.25) is 0 Å². The summed E-state index contributed by atoms with van der Waals surface area (Å²) in [4.78, 5) is 2.40. The zero-order valence-corrected chi connectivity index (χ0v) is 14.0. The molecule has 0 aliphatic carbocycles. The van der Waals surface area contributed by atoms with Gasteiger partial charge in [0.25, 0.3) is 0 Å². The number of hydrogen-bond acceptors (Lipinski definition) is 5. The van der Waals surface area contributed by atoms with Crippen LogP contribution in [0.1, 0.15) is 28.1 Å². The highest BCUT2D eigenvalue weighted by molar-refractivity contribution is 7.89. The van der Waals surface area contributed by atoms with Gasteiger partial charge in [-0.1, -0.05) is 6.92 Å². The lowest BCUT2D eigenvalue weighted by atomic mass is 10.3. The van der Waals surface area contributed by atoms with Gasteiger partial charge in [0.1, 0.15) is 4.90 Å². The van der Waals surface area contributed by atoms with Gasteiger partial charge in [-0.2, -0.15) is 5.10 Å². The molecule has 116 valence electrons. The Morgan fingerprint density at radius 1 is 1.29 bits per heavy atom. The van der Waals surface area contributed by atoms with Crippen molar-refractivity contribution in [1.82, 2.24) is 20.2 Å². The van der Waals surface area contributed by atoms with Gasteiger partial charge in [-0.25, -0.2) is 13.1 Å². The molecule has 0 unspecified atom stereocenters. The minimum absolute atomic E-state index is 0.247. The van der Waals surface area contributed by atoms with E-state index < -0.39 is 10.0 Å². The number of H-pyrrole nitrogens is 1. The molecule has 0 spiro atoms. The van der Waals surface area contributed by atoms with Crippen LogP contribution in [0.4, 0.5) is 0 Å². The molecule has 8 heteroatoms. The van der Waals surface area contributed by atoms with Crippen LogP contribution in [-0.4, -0.2) is 25.2 Å². The molecule has 0 saturated heterocycles. The maximum atomic E-state index is 12.5. The fourth-order valence-corrected chi connectivity index (χ4v) is 4.30. The number of rotatable bonds is 7. The number of aromatic amines is 1. The molecule has 2 rings (SSSR count). The summed E-state index contributed by atoms with van der Waals surface area (Å²) in [6.45, 7) is 7.16. The summed E-state index contributed by atoms with van der Waals surface area (Å²) in [5.41, 5.74) is 1.07. The smallest absolute Gasteiger partial charge is 0.244 e. The first-order valence-corrected chi connectivity index (χ1v) is 9.03. The first kappa shape index (κ1) is 16.2. The Hall–Kier alpha value is -1.22. The highest BCUT2D eigenvalue weighted by atomic mass is 32.2. The standard InChI is InChI=1S/C13H20N4O2S2/c1-4-14-8-12-13(10(3)16-17-12)21(18,19)15-7-11-6-5-9(2)20-11/h5-6,14-15H,4,7-8H2,1-3H3,(H,16,17). The first-order valence-electron chi connectivity index (χ1n) is 6.73. The van der Waals surface area contributed by atoms with Crippen LogP contribution in [0, 0.1) is 13.8 Å². The second-order valence-corrected chi connectivity index (χ2v) is 7.82. The lowest BCUT2D eigenvalue weighted by molar-refractivity contribution is 0.578. The third-order valence-electron chi connectivity index (χ3n) is 3.00. The summed E-state index contributed by atoms with van der Waals surface area (Å²) in [7, 11) is -3.57. The summed E-state index contributed by atoms with van der Waals surface area (Å²) in [5.74, 6) is 0. The molecule has 0 aromatic carbocycles. The van der Waals surface area contributed by atoms with Crippen molar-refractivity contribution in [3.63, 3.8) is 0 Å². The van der Waals surface area contributed by atoms with Crippen molar-refractivity contribution >= 4 is 21.4 Å². The van der Waals surface area contributed by atoms with Crippen molar-refractivity contribution in [2.45, 2.75) is 38.8 Å². The highest BCUT2D eigenvalue weighted by Gasteiger charge is 2.23. The van der Waals surface area contributed by atoms with Crippen molar-refractivity contribution in [3.05, 3.63) is 33.3 Å². The van der Waals surface area contributed by atoms with E-state index in [4.69, 9.17) is 0 Å². The van der Waals surface area contributed by atoms with Gasteiger partial charge >= 0.3 is 0 Å². The van der Waals surface area contributed by atoms with E-state index in [-0.39, 0.29) is 4.90 Å². The molecule has 6 nitrogen and oxygen atoms in total. The monoisotopic (exact) mass is 328 g/mol. The van der Waals surface area contributed by atoms with Crippen LogP contribution in [0.25, 0.3) is 0 Å². The maximum Gasteiger partial charge on any atom is 0.244 e. The number of aryl methyl sites for hydroxylation is 2. The zero-order valence-electron chi connectivity index (χ0n) is 12.4. The molecular weight excluding hydrogens is 308 g/mol. The normalized spacial score (nSPS) is 12.0. The number of aromatic nitrogens is 2. The Balaban J connectivity index is 2.17. The molecule has 0 aliphatic heterocycles. The zero-order chi connectivity index (χ0) is 15.5. The van der Waals surface area contributed by atoms with Gasteiger partial charge in [0.2, 0.25) is 10.0 Å². The molecule has 0 fully saturated rings. The van der Waals surface area contributed by atoms with E-state index in [0.717, 1.165) is 16.3 Å². The Morgan fingerprint density at radius 2 is 2.05 bits per heavy atom. The molecule has 0 amide bonds.